The third-order valence-electron chi connectivity index (χ3n) is 4.56. The van der Waals surface area contributed by atoms with E-state index < -0.39 is 0 Å². The maximum absolute atomic E-state index is 13.1. The quantitative estimate of drug-likeness (QED) is 0.507. The van der Waals surface area contributed by atoms with Gasteiger partial charge in [-0.2, -0.15) is 0 Å². The second-order valence-corrected chi connectivity index (χ2v) is 9.18. The third-order valence-corrected chi connectivity index (χ3v) is 7.34. The lowest BCUT2D eigenvalue weighted by Crippen LogP contribution is -2.42. The maximum atomic E-state index is 13.1. The zero-order chi connectivity index (χ0) is 18.9. The summed E-state index contributed by atoms with van der Waals surface area (Å²) in [5.74, 6) is 0. The molecule has 0 fully saturated rings. The molecule has 5 heterocycles. The highest BCUT2D eigenvalue weighted by molar-refractivity contribution is 7.18. The Morgan fingerprint density at radius 3 is 2.89 bits per heavy atom. The van der Waals surface area contributed by atoms with Gasteiger partial charge in [-0.1, -0.05) is 23.5 Å². The smallest absolute Gasteiger partial charge is 0.312 e. The number of hydrogen-bond acceptors (Lipinski definition) is 7. The minimum absolute atomic E-state index is 0.0572. The molecule has 0 saturated carbocycles. The number of fused-ring (bicyclic) bond motifs is 1. The summed E-state index contributed by atoms with van der Waals surface area (Å²) in [4.78, 5) is 21.8. The SMILES string of the molecule is O=C(Nc1nnc(-c2ccccn2)s1)N1CCc2sccc2C1c1cccs1. The average Bonchev–Trinajstić information content (AvgIpc) is 3.49. The van der Waals surface area contributed by atoms with Gasteiger partial charge in [-0.05, 0) is 47.0 Å². The van der Waals surface area contributed by atoms with Crippen LogP contribution in [0.2, 0.25) is 0 Å². The molecule has 2 amide bonds. The van der Waals surface area contributed by atoms with E-state index in [4.69, 9.17) is 0 Å². The molecule has 5 rings (SSSR count). The van der Waals surface area contributed by atoms with Gasteiger partial charge in [0, 0.05) is 22.5 Å². The Morgan fingerprint density at radius 2 is 2.07 bits per heavy atom. The van der Waals surface area contributed by atoms with Crippen molar-refractivity contribution in [3.63, 3.8) is 0 Å². The molecule has 4 aromatic heterocycles. The fraction of sp³-hybridized carbons (Fsp3) is 0.158. The number of thiophene rings is 2. The van der Waals surface area contributed by atoms with Crippen molar-refractivity contribution >= 4 is 45.2 Å². The summed E-state index contributed by atoms with van der Waals surface area (Å²) in [6, 6.07) is 11.7. The number of urea groups is 1. The molecule has 0 spiro atoms. The van der Waals surface area contributed by atoms with Gasteiger partial charge in [-0.3, -0.25) is 10.3 Å². The number of aromatic nitrogens is 3. The van der Waals surface area contributed by atoms with E-state index in [1.54, 1.807) is 28.9 Å². The molecule has 0 aliphatic carbocycles. The predicted octanol–water partition coefficient (Wildman–Crippen LogP) is 4.90. The van der Waals surface area contributed by atoms with E-state index in [0.717, 1.165) is 12.1 Å². The fourth-order valence-electron chi connectivity index (χ4n) is 3.32. The molecule has 140 valence electrons. The van der Waals surface area contributed by atoms with Crippen LogP contribution < -0.4 is 5.32 Å². The van der Waals surface area contributed by atoms with Crippen molar-refractivity contribution < 1.29 is 4.79 Å². The normalized spacial score (nSPS) is 16.0. The Morgan fingerprint density at radius 1 is 1.11 bits per heavy atom. The van der Waals surface area contributed by atoms with Gasteiger partial charge in [0.2, 0.25) is 5.13 Å². The highest BCUT2D eigenvalue weighted by Crippen LogP contribution is 2.39. The first kappa shape index (κ1) is 17.5. The molecule has 9 heteroatoms. The minimum atomic E-state index is -0.154. The maximum Gasteiger partial charge on any atom is 0.324 e. The lowest BCUT2D eigenvalue weighted by molar-refractivity contribution is 0.195. The fourth-order valence-corrected chi connectivity index (χ4v) is 5.79. The summed E-state index contributed by atoms with van der Waals surface area (Å²) < 4.78 is 0. The number of amides is 2. The van der Waals surface area contributed by atoms with Crippen LogP contribution in [0.5, 0.6) is 0 Å². The highest BCUT2D eigenvalue weighted by atomic mass is 32.1. The van der Waals surface area contributed by atoms with Gasteiger partial charge >= 0.3 is 6.03 Å². The Bertz CT molecular complexity index is 1090. The zero-order valence-corrected chi connectivity index (χ0v) is 17.1. The lowest BCUT2D eigenvalue weighted by Gasteiger charge is -2.35. The Hall–Kier alpha value is -2.62. The molecule has 28 heavy (non-hydrogen) atoms. The number of hydrogen-bond donors (Lipinski definition) is 1. The number of nitrogens with zero attached hydrogens (tertiary/aromatic N) is 4. The number of carbonyl (C=O) groups excluding carboxylic acids is 1. The van der Waals surface area contributed by atoms with E-state index in [1.165, 1.54) is 26.7 Å². The minimum Gasteiger partial charge on any atom is -0.312 e. The van der Waals surface area contributed by atoms with Crippen LogP contribution >= 0.6 is 34.0 Å². The number of anilines is 1. The van der Waals surface area contributed by atoms with Crippen LogP contribution in [0, 0.1) is 0 Å². The van der Waals surface area contributed by atoms with Gasteiger partial charge in [0.05, 0.1) is 6.04 Å². The molecule has 1 N–H and O–H groups in total. The van der Waals surface area contributed by atoms with Crippen molar-refractivity contribution in [2.45, 2.75) is 12.5 Å². The first-order valence-electron chi connectivity index (χ1n) is 8.72. The van der Waals surface area contributed by atoms with Gasteiger partial charge in [0.15, 0.2) is 5.01 Å². The van der Waals surface area contributed by atoms with Crippen LogP contribution in [-0.4, -0.2) is 32.7 Å². The molecular formula is C19H15N5OS3. The zero-order valence-electron chi connectivity index (χ0n) is 14.6. The third kappa shape index (κ3) is 3.21. The Kier molecular flexibility index (Phi) is 4.63. The molecule has 4 aromatic rings. The number of rotatable bonds is 3. The van der Waals surface area contributed by atoms with Crippen LogP contribution in [0.4, 0.5) is 9.93 Å². The molecule has 0 aromatic carbocycles. The first-order chi connectivity index (χ1) is 13.8. The summed E-state index contributed by atoms with van der Waals surface area (Å²) in [5, 5.41) is 16.5. The van der Waals surface area contributed by atoms with E-state index >= 15 is 0 Å². The molecule has 6 nitrogen and oxygen atoms in total. The predicted molar refractivity (Wildman–Crippen MR) is 113 cm³/mol. The van der Waals surface area contributed by atoms with Gasteiger partial charge < -0.3 is 4.90 Å². The summed E-state index contributed by atoms with van der Waals surface area (Å²) in [6.07, 6.45) is 2.59. The van der Waals surface area contributed by atoms with Crippen molar-refractivity contribution in [1.29, 1.82) is 0 Å². The summed E-state index contributed by atoms with van der Waals surface area (Å²) in [5.41, 5.74) is 1.97. The van der Waals surface area contributed by atoms with E-state index in [9.17, 15) is 4.79 Å². The Balaban J connectivity index is 1.40. The molecule has 0 radical (unpaired) electrons. The first-order valence-corrected chi connectivity index (χ1v) is 11.3. The molecular weight excluding hydrogens is 410 g/mol. The standard InChI is InChI=1S/C19H15N5OS3/c25-19(21-18-23-22-17(28-18)13-4-1-2-8-20-13)24-9-6-14-12(7-11-27-14)16(24)15-5-3-10-26-15/h1-5,7-8,10-11,16H,6,9H2,(H,21,23,25). The van der Waals surface area contributed by atoms with Gasteiger partial charge in [0.25, 0.3) is 0 Å². The van der Waals surface area contributed by atoms with E-state index in [-0.39, 0.29) is 12.1 Å². The summed E-state index contributed by atoms with van der Waals surface area (Å²) in [6.45, 7) is 0.674. The number of carbonyl (C=O) groups is 1. The number of nitrogens with one attached hydrogen (secondary N) is 1. The monoisotopic (exact) mass is 425 g/mol. The molecule has 1 unspecified atom stereocenters. The van der Waals surface area contributed by atoms with E-state index in [0.29, 0.717) is 16.7 Å². The van der Waals surface area contributed by atoms with Crippen LogP contribution in [0.1, 0.15) is 21.4 Å². The summed E-state index contributed by atoms with van der Waals surface area (Å²) in [7, 11) is 0. The van der Waals surface area contributed by atoms with Crippen molar-refractivity contribution in [2.24, 2.45) is 0 Å². The van der Waals surface area contributed by atoms with Crippen molar-refractivity contribution in [2.75, 3.05) is 11.9 Å². The van der Waals surface area contributed by atoms with E-state index in [1.807, 2.05) is 29.2 Å². The molecule has 1 aliphatic rings. The molecule has 1 atom stereocenters. The topological polar surface area (TPSA) is 71.0 Å². The van der Waals surface area contributed by atoms with Gasteiger partial charge in [0.1, 0.15) is 5.69 Å². The van der Waals surface area contributed by atoms with Crippen LogP contribution in [0.15, 0.2) is 53.4 Å². The Labute approximate surface area is 173 Å². The second kappa shape index (κ2) is 7.42. The van der Waals surface area contributed by atoms with Crippen molar-refractivity contribution in [1.82, 2.24) is 20.1 Å². The van der Waals surface area contributed by atoms with Crippen LogP contribution in [-0.2, 0) is 6.42 Å². The van der Waals surface area contributed by atoms with E-state index in [2.05, 4.69) is 43.4 Å². The average molecular weight is 426 g/mol. The lowest BCUT2D eigenvalue weighted by atomic mass is 9.99. The van der Waals surface area contributed by atoms with Crippen molar-refractivity contribution in [3.05, 3.63) is 68.7 Å². The van der Waals surface area contributed by atoms with Crippen LogP contribution in [0.3, 0.4) is 0 Å². The van der Waals surface area contributed by atoms with Crippen LogP contribution in [0.25, 0.3) is 10.7 Å². The summed E-state index contributed by atoms with van der Waals surface area (Å²) >= 11 is 4.76. The highest BCUT2D eigenvalue weighted by Gasteiger charge is 2.33. The van der Waals surface area contributed by atoms with Crippen molar-refractivity contribution in [3.8, 4) is 10.7 Å². The van der Waals surface area contributed by atoms with Gasteiger partial charge in [-0.25, -0.2) is 4.79 Å². The second-order valence-electron chi connectivity index (χ2n) is 6.22. The molecule has 1 aliphatic heterocycles. The van der Waals surface area contributed by atoms with Gasteiger partial charge in [-0.15, -0.1) is 32.9 Å². The number of pyridine rings is 1. The largest absolute Gasteiger partial charge is 0.324 e. The molecule has 0 bridgehead atoms. The molecule has 0 saturated heterocycles.